The van der Waals surface area contributed by atoms with Crippen LogP contribution in [0.1, 0.15) is 11.1 Å². The Hall–Kier alpha value is -2.94. The Morgan fingerprint density at radius 2 is 1.68 bits per heavy atom. The maximum absolute atomic E-state index is 12.6. The second-order valence-electron chi connectivity index (χ2n) is 5.47. The van der Waals surface area contributed by atoms with Crippen molar-refractivity contribution in [2.24, 2.45) is 0 Å². The standard InChI is InChI=1S/C19H12O3/c1-11-5-7-12(8-6-11)9-13-10-16-17-14(18(13)20)3-2-4-15(17)19(21)22-16/h2-10H,1H3/b13-9-. The molecule has 1 heterocycles. The summed E-state index contributed by atoms with van der Waals surface area (Å²) in [6.45, 7) is 2.01. The molecule has 0 unspecified atom stereocenters. The van der Waals surface area contributed by atoms with Crippen LogP contribution < -0.4 is 16.3 Å². The van der Waals surface area contributed by atoms with Gasteiger partial charge in [-0.3, -0.25) is 4.79 Å². The third-order valence-corrected chi connectivity index (χ3v) is 3.93. The molecule has 0 spiro atoms. The van der Waals surface area contributed by atoms with Crippen LogP contribution in [-0.4, -0.2) is 0 Å². The summed E-state index contributed by atoms with van der Waals surface area (Å²) >= 11 is 0. The van der Waals surface area contributed by atoms with Crippen LogP contribution in [0, 0.1) is 6.92 Å². The molecule has 1 aliphatic carbocycles. The van der Waals surface area contributed by atoms with Crippen molar-refractivity contribution >= 4 is 16.8 Å². The molecule has 2 aliphatic rings. The van der Waals surface area contributed by atoms with Gasteiger partial charge in [-0.25, -0.2) is 4.79 Å². The first-order valence-corrected chi connectivity index (χ1v) is 7.04. The van der Waals surface area contributed by atoms with E-state index in [9.17, 15) is 9.59 Å². The maximum atomic E-state index is 12.6. The van der Waals surface area contributed by atoms with Crippen LogP contribution in [0.2, 0.25) is 0 Å². The van der Waals surface area contributed by atoms with E-state index in [1.165, 1.54) is 0 Å². The van der Waals surface area contributed by atoms with E-state index in [0.29, 0.717) is 27.3 Å². The zero-order valence-corrected chi connectivity index (χ0v) is 11.9. The molecular formula is C19H12O3. The number of furan rings is 1. The topological polar surface area (TPSA) is 47.3 Å². The van der Waals surface area contributed by atoms with Gasteiger partial charge in [-0.15, -0.1) is 0 Å². The Labute approximate surface area is 125 Å². The SMILES string of the molecule is Cc1ccc(/C=c2/cc3oc(=O)c4cccc(c4-3)c2=O)cc1. The molecule has 2 aromatic carbocycles. The smallest absolute Gasteiger partial charge is 0.344 e. The van der Waals surface area contributed by atoms with Crippen LogP contribution in [-0.2, 0) is 0 Å². The molecule has 0 aromatic heterocycles. The Kier molecular flexibility index (Phi) is 2.63. The average Bonchev–Trinajstić information content (AvgIpc) is 2.84. The van der Waals surface area contributed by atoms with Gasteiger partial charge in [-0.1, -0.05) is 42.0 Å². The van der Waals surface area contributed by atoms with Crippen LogP contribution in [0.5, 0.6) is 0 Å². The van der Waals surface area contributed by atoms with Crippen molar-refractivity contribution in [3.8, 4) is 11.3 Å². The van der Waals surface area contributed by atoms with Crippen LogP contribution in [0.4, 0.5) is 0 Å². The lowest BCUT2D eigenvalue weighted by Gasteiger charge is -2.01. The summed E-state index contributed by atoms with van der Waals surface area (Å²) in [6.07, 6.45) is 1.82. The number of hydrogen-bond donors (Lipinski definition) is 0. The van der Waals surface area contributed by atoms with Crippen molar-refractivity contribution in [2.45, 2.75) is 6.92 Å². The molecule has 4 rings (SSSR count). The van der Waals surface area contributed by atoms with Gasteiger partial charge in [0.25, 0.3) is 0 Å². The molecule has 0 amide bonds. The predicted octanol–water partition coefficient (Wildman–Crippen LogP) is 2.55. The molecular weight excluding hydrogens is 276 g/mol. The van der Waals surface area contributed by atoms with Crippen LogP contribution >= 0.6 is 0 Å². The summed E-state index contributed by atoms with van der Waals surface area (Å²) in [4.78, 5) is 24.5. The molecule has 0 saturated heterocycles. The Morgan fingerprint density at radius 1 is 0.955 bits per heavy atom. The van der Waals surface area contributed by atoms with E-state index in [1.54, 1.807) is 24.3 Å². The number of rotatable bonds is 1. The monoisotopic (exact) mass is 288 g/mol. The van der Waals surface area contributed by atoms with Gasteiger partial charge in [0.1, 0.15) is 5.76 Å². The second-order valence-corrected chi connectivity index (χ2v) is 5.47. The molecule has 2 aromatic rings. The van der Waals surface area contributed by atoms with Crippen molar-refractivity contribution in [2.75, 3.05) is 0 Å². The summed E-state index contributed by atoms with van der Waals surface area (Å²) in [5.74, 6) is 0.466. The normalized spacial score (nSPS) is 12.5. The van der Waals surface area contributed by atoms with E-state index in [2.05, 4.69) is 0 Å². The first-order chi connectivity index (χ1) is 10.6. The fourth-order valence-electron chi connectivity index (χ4n) is 2.80. The van der Waals surface area contributed by atoms with Gasteiger partial charge < -0.3 is 4.42 Å². The van der Waals surface area contributed by atoms with Crippen molar-refractivity contribution in [3.05, 3.63) is 85.5 Å². The molecule has 0 fully saturated rings. The Bertz CT molecular complexity index is 1100. The average molecular weight is 288 g/mol. The number of aryl methyl sites for hydroxylation is 1. The highest BCUT2D eigenvalue weighted by Crippen LogP contribution is 2.27. The minimum atomic E-state index is -0.396. The second kappa shape index (κ2) is 4.53. The maximum Gasteiger partial charge on any atom is 0.344 e. The molecule has 0 bridgehead atoms. The fourth-order valence-corrected chi connectivity index (χ4v) is 2.80. The molecule has 0 N–H and O–H groups in total. The first kappa shape index (κ1) is 12.8. The van der Waals surface area contributed by atoms with Crippen molar-refractivity contribution in [1.29, 1.82) is 0 Å². The molecule has 0 atom stereocenters. The van der Waals surface area contributed by atoms with Crippen LogP contribution in [0.25, 0.3) is 28.2 Å². The minimum absolute atomic E-state index is 0.0838. The van der Waals surface area contributed by atoms with E-state index >= 15 is 0 Å². The zero-order chi connectivity index (χ0) is 15.3. The van der Waals surface area contributed by atoms with Gasteiger partial charge in [0.05, 0.1) is 5.39 Å². The third kappa shape index (κ3) is 1.83. The van der Waals surface area contributed by atoms with Gasteiger partial charge in [-0.2, -0.15) is 0 Å². The quantitative estimate of drug-likeness (QED) is 0.541. The highest BCUT2D eigenvalue weighted by atomic mass is 16.4. The summed E-state index contributed by atoms with van der Waals surface area (Å²) < 4.78 is 5.28. The first-order valence-electron chi connectivity index (χ1n) is 7.04. The minimum Gasteiger partial charge on any atom is -0.422 e. The summed E-state index contributed by atoms with van der Waals surface area (Å²) in [5, 5.41) is 1.52. The fraction of sp³-hybridized carbons (Fsp3) is 0.0526. The summed E-state index contributed by atoms with van der Waals surface area (Å²) in [5.41, 5.74) is 2.25. The number of benzene rings is 3. The van der Waals surface area contributed by atoms with Gasteiger partial charge in [0.15, 0.2) is 5.43 Å². The molecule has 3 heteroatoms. The van der Waals surface area contributed by atoms with E-state index < -0.39 is 5.63 Å². The van der Waals surface area contributed by atoms with Gasteiger partial charge in [-0.05, 0) is 30.7 Å². The summed E-state index contributed by atoms with van der Waals surface area (Å²) in [7, 11) is 0. The van der Waals surface area contributed by atoms with Crippen molar-refractivity contribution in [3.63, 3.8) is 0 Å². The van der Waals surface area contributed by atoms with Crippen molar-refractivity contribution in [1.82, 2.24) is 0 Å². The van der Waals surface area contributed by atoms with E-state index in [4.69, 9.17) is 4.42 Å². The molecule has 0 radical (unpaired) electrons. The largest absolute Gasteiger partial charge is 0.422 e. The lowest BCUT2D eigenvalue weighted by atomic mass is 10.00. The third-order valence-electron chi connectivity index (χ3n) is 3.93. The Morgan fingerprint density at radius 3 is 2.45 bits per heavy atom. The highest BCUT2D eigenvalue weighted by molar-refractivity contribution is 5.95. The molecule has 0 saturated carbocycles. The molecule has 1 aliphatic heterocycles. The molecule has 3 nitrogen and oxygen atoms in total. The van der Waals surface area contributed by atoms with Gasteiger partial charge >= 0.3 is 5.63 Å². The van der Waals surface area contributed by atoms with Crippen LogP contribution in [0.3, 0.4) is 0 Å². The van der Waals surface area contributed by atoms with Gasteiger partial charge in [0.2, 0.25) is 0 Å². The Balaban J connectivity index is 2.10. The zero-order valence-electron chi connectivity index (χ0n) is 11.9. The number of hydrogen-bond acceptors (Lipinski definition) is 3. The predicted molar refractivity (Wildman–Crippen MR) is 86.5 cm³/mol. The lowest BCUT2D eigenvalue weighted by molar-refractivity contribution is 0.548. The van der Waals surface area contributed by atoms with E-state index in [-0.39, 0.29) is 5.43 Å². The lowest BCUT2D eigenvalue weighted by Crippen LogP contribution is -2.25. The molecule has 22 heavy (non-hydrogen) atoms. The van der Waals surface area contributed by atoms with Crippen LogP contribution in [0.15, 0.2) is 62.5 Å². The molecule has 106 valence electrons. The van der Waals surface area contributed by atoms with E-state index in [0.717, 1.165) is 11.1 Å². The summed E-state index contributed by atoms with van der Waals surface area (Å²) in [6, 6.07) is 14.7. The van der Waals surface area contributed by atoms with E-state index in [1.807, 2.05) is 37.3 Å². The van der Waals surface area contributed by atoms with Gasteiger partial charge in [0, 0.05) is 16.2 Å². The van der Waals surface area contributed by atoms with Crippen molar-refractivity contribution < 1.29 is 4.42 Å². The highest BCUT2D eigenvalue weighted by Gasteiger charge is 2.19.